The largest absolute Gasteiger partial charge is 0.378 e. The molecule has 2 unspecified atom stereocenters. The van der Waals surface area contributed by atoms with Crippen molar-refractivity contribution in [3.8, 4) is 0 Å². The maximum absolute atomic E-state index is 11.1. The van der Waals surface area contributed by atoms with Gasteiger partial charge in [0.2, 0.25) is 0 Å². The van der Waals surface area contributed by atoms with Crippen molar-refractivity contribution in [3.05, 3.63) is 27.4 Å². The van der Waals surface area contributed by atoms with E-state index in [9.17, 15) is 4.79 Å². The minimum atomic E-state index is -0.148. The molecule has 0 aliphatic heterocycles. The molecular formula is C12H18N2O2S. The minimum Gasteiger partial charge on any atom is -0.378 e. The van der Waals surface area contributed by atoms with Gasteiger partial charge in [-0.05, 0) is 25.6 Å². The van der Waals surface area contributed by atoms with Gasteiger partial charge in [-0.15, -0.1) is 0 Å². The van der Waals surface area contributed by atoms with Crippen molar-refractivity contribution in [1.29, 1.82) is 0 Å². The van der Waals surface area contributed by atoms with Crippen molar-refractivity contribution in [3.63, 3.8) is 0 Å². The Hall–Kier alpha value is -0.940. The normalized spacial score (nSPS) is 26.5. The van der Waals surface area contributed by atoms with E-state index in [4.69, 9.17) is 17.0 Å². The molecule has 0 spiro atoms. The van der Waals surface area contributed by atoms with Crippen molar-refractivity contribution in [1.82, 2.24) is 9.55 Å². The van der Waals surface area contributed by atoms with Crippen LogP contribution in [0.25, 0.3) is 0 Å². The summed E-state index contributed by atoms with van der Waals surface area (Å²) in [6.45, 7) is 7.09. The highest BCUT2D eigenvalue weighted by Crippen LogP contribution is 2.51. The van der Waals surface area contributed by atoms with Crippen LogP contribution in [0.15, 0.2) is 17.1 Å². The Morgan fingerprint density at radius 1 is 1.65 bits per heavy atom. The molecule has 5 heteroatoms. The van der Waals surface area contributed by atoms with E-state index in [1.54, 1.807) is 6.20 Å². The van der Waals surface area contributed by atoms with E-state index in [1.165, 1.54) is 6.07 Å². The third-order valence-electron chi connectivity index (χ3n) is 3.68. The molecule has 17 heavy (non-hydrogen) atoms. The summed E-state index contributed by atoms with van der Waals surface area (Å²) in [5, 5.41) is 0. The third-order valence-corrected chi connectivity index (χ3v) is 3.99. The average molecular weight is 254 g/mol. The monoisotopic (exact) mass is 254 g/mol. The summed E-state index contributed by atoms with van der Waals surface area (Å²) in [4.78, 5) is 13.8. The highest BCUT2D eigenvalue weighted by molar-refractivity contribution is 7.71. The molecule has 1 heterocycles. The van der Waals surface area contributed by atoms with E-state index < -0.39 is 0 Å². The first-order chi connectivity index (χ1) is 7.96. The quantitative estimate of drug-likeness (QED) is 0.842. The van der Waals surface area contributed by atoms with Crippen LogP contribution in [0.1, 0.15) is 33.2 Å². The second-order valence-corrected chi connectivity index (χ2v) is 5.42. The zero-order valence-electron chi connectivity index (χ0n) is 10.4. The Labute approximate surface area is 106 Å². The minimum absolute atomic E-state index is 0.0481. The SMILES string of the molecule is CCOC1CC(n2ccc(=O)[nH]c2=S)C1(C)C. The van der Waals surface area contributed by atoms with Gasteiger partial charge in [-0.2, -0.15) is 0 Å². The van der Waals surface area contributed by atoms with Crippen LogP contribution in [0.2, 0.25) is 0 Å². The zero-order chi connectivity index (χ0) is 12.6. The fourth-order valence-electron chi connectivity index (χ4n) is 2.49. The highest BCUT2D eigenvalue weighted by atomic mass is 32.1. The zero-order valence-corrected chi connectivity index (χ0v) is 11.2. The Morgan fingerprint density at radius 3 is 2.88 bits per heavy atom. The van der Waals surface area contributed by atoms with Crippen molar-refractivity contribution in [2.24, 2.45) is 5.41 Å². The van der Waals surface area contributed by atoms with E-state index in [0.717, 1.165) is 13.0 Å². The van der Waals surface area contributed by atoms with Crippen molar-refractivity contribution in [2.75, 3.05) is 6.61 Å². The number of hydrogen-bond acceptors (Lipinski definition) is 3. The number of hydrogen-bond donors (Lipinski definition) is 1. The van der Waals surface area contributed by atoms with Crippen LogP contribution < -0.4 is 5.56 Å². The standard InChI is InChI=1S/C12H18N2O2S/c1-4-16-9-7-8(12(9,2)3)14-6-5-10(15)13-11(14)17/h5-6,8-9H,4,7H2,1-3H3,(H,13,15,17). The Kier molecular flexibility index (Phi) is 3.23. The molecule has 1 saturated carbocycles. The van der Waals surface area contributed by atoms with Crippen LogP contribution in [0.5, 0.6) is 0 Å². The summed E-state index contributed by atoms with van der Waals surface area (Å²) < 4.78 is 8.14. The molecule has 4 nitrogen and oxygen atoms in total. The van der Waals surface area contributed by atoms with Gasteiger partial charge in [0.1, 0.15) is 0 Å². The van der Waals surface area contributed by atoms with Gasteiger partial charge in [0.05, 0.1) is 6.10 Å². The van der Waals surface area contributed by atoms with Crippen molar-refractivity contribution >= 4 is 12.2 Å². The first kappa shape index (κ1) is 12.5. The Balaban J connectivity index is 2.26. The smallest absolute Gasteiger partial charge is 0.251 e. The molecule has 1 N–H and O–H groups in total. The van der Waals surface area contributed by atoms with E-state index in [1.807, 2.05) is 11.5 Å². The number of nitrogens with one attached hydrogen (secondary N) is 1. The lowest BCUT2D eigenvalue weighted by atomic mass is 9.64. The first-order valence-corrected chi connectivity index (χ1v) is 6.30. The van der Waals surface area contributed by atoms with Crippen LogP contribution in [-0.2, 0) is 4.74 Å². The van der Waals surface area contributed by atoms with Gasteiger partial charge >= 0.3 is 0 Å². The predicted octanol–water partition coefficient (Wildman–Crippen LogP) is 2.28. The molecular weight excluding hydrogens is 236 g/mol. The van der Waals surface area contributed by atoms with Crippen LogP contribution in [-0.4, -0.2) is 22.3 Å². The molecule has 1 aliphatic carbocycles. The maximum atomic E-state index is 11.1. The number of aromatic nitrogens is 2. The van der Waals surface area contributed by atoms with E-state index in [2.05, 4.69) is 18.8 Å². The third kappa shape index (κ3) is 2.09. The second kappa shape index (κ2) is 4.38. The maximum Gasteiger partial charge on any atom is 0.251 e. The van der Waals surface area contributed by atoms with E-state index in [-0.39, 0.29) is 17.1 Å². The fourth-order valence-corrected chi connectivity index (χ4v) is 2.78. The summed E-state index contributed by atoms with van der Waals surface area (Å²) in [6, 6.07) is 1.81. The van der Waals surface area contributed by atoms with E-state index in [0.29, 0.717) is 10.8 Å². The van der Waals surface area contributed by atoms with Crippen LogP contribution in [0.3, 0.4) is 0 Å². The lowest BCUT2D eigenvalue weighted by molar-refractivity contribution is -0.128. The highest BCUT2D eigenvalue weighted by Gasteiger charge is 2.49. The molecule has 1 aromatic heterocycles. The average Bonchev–Trinajstić information content (AvgIpc) is 2.25. The summed E-state index contributed by atoms with van der Waals surface area (Å²) in [5.74, 6) is 0. The lowest BCUT2D eigenvalue weighted by Gasteiger charge is -2.52. The number of ether oxygens (including phenoxy) is 1. The number of H-pyrrole nitrogens is 1. The number of aromatic amines is 1. The molecule has 2 atom stereocenters. The van der Waals surface area contributed by atoms with Crippen LogP contribution in [0.4, 0.5) is 0 Å². The van der Waals surface area contributed by atoms with Gasteiger partial charge in [0.25, 0.3) is 5.56 Å². The Bertz CT molecular complexity index is 518. The first-order valence-electron chi connectivity index (χ1n) is 5.90. The molecule has 1 aromatic rings. The lowest BCUT2D eigenvalue weighted by Crippen LogP contribution is -2.51. The molecule has 1 fully saturated rings. The fraction of sp³-hybridized carbons (Fsp3) is 0.667. The summed E-state index contributed by atoms with van der Waals surface area (Å²) >= 11 is 5.19. The van der Waals surface area contributed by atoms with Crippen molar-refractivity contribution < 1.29 is 4.74 Å². The summed E-state index contributed by atoms with van der Waals surface area (Å²) in [5.41, 5.74) is -0.100. The van der Waals surface area contributed by atoms with Crippen LogP contribution >= 0.6 is 12.2 Å². The molecule has 0 aromatic carbocycles. The molecule has 0 amide bonds. The predicted molar refractivity (Wildman–Crippen MR) is 68.7 cm³/mol. The summed E-state index contributed by atoms with van der Waals surface area (Å²) in [6.07, 6.45) is 2.99. The number of rotatable bonds is 3. The number of nitrogens with zero attached hydrogens (tertiary/aromatic N) is 1. The molecule has 0 bridgehead atoms. The second-order valence-electron chi connectivity index (χ2n) is 5.03. The van der Waals surface area contributed by atoms with Gasteiger partial charge in [-0.1, -0.05) is 13.8 Å². The van der Waals surface area contributed by atoms with Crippen molar-refractivity contribution in [2.45, 2.75) is 39.3 Å². The van der Waals surface area contributed by atoms with Crippen LogP contribution in [0, 0.1) is 10.2 Å². The molecule has 1 aliphatic rings. The Morgan fingerprint density at radius 2 is 2.35 bits per heavy atom. The van der Waals surface area contributed by atoms with Gasteiger partial charge in [-0.25, -0.2) is 0 Å². The van der Waals surface area contributed by atoms with Gasteiger partial charge in [0, 0.05) is 30.3 Å². The molecule has 2 rings (SSSR count). The molecule has 94 valence electrons. The van der Waals surface area contributed by atoms with Gasteiger partial charge in [0.15, 0.2) is 4.77 Å². The van der Waals surface area contributed by atoms with Gasteiger partial charge in [-0.3, -0.25) is 9.78 Å². The summed E-state index contributed by atoms with van der Waals surface area (Å²) in [7, 11) is 0. The molecule has 0 radical (unpaired) electrons. The topological polar surface area (TPSA) is 47.0 Å². The molecule has 0 saturated heterocycles. The van der Waals surface area contributed by atoms with Gasteiger partial charge < -0.3 is 9.30 Å². The van der Waals surface area contributed by atoms with E-state index >= 15 is 0 Å².